The number of rotatable bonds is 5. The van der Waals surface area contributed by atoms with E-state index < -0.39 is 0 Å². The second kappa shape index (κ2) is 6.96. The highest BCUT2D eigenvalue weighted by Gasteiger charge is 2.14. The predicted molar refractivity (Wildman–Crippen MR) is 82.5 cm³/mol. The average Bonchev–Trinajstić information content (AvgIpc) is 2.45. The van der Waals surface area contributed by atoms with Crippen LogP contribution in [0.3, 0.4) is 0 Å². The lowest BCUT2D eigenvalue weighted by atomic mass is 10.0. The molecule has 106 valence electrons. The van der Waals surface area contributed by atoms with Crippen LogP contribution in [0.2, 0.25) is 0 Å². The van der Waals surface area contributed by atoms with Crippen molar-refractivity contribution in [1.29, 1.82) is 0 Å². The van der Waals surface area contributed by atoms with Crippen molar-refractivity contribution in [3.8, 4) is 0 Å². The van der Waals surface area contributed by atoms with Crippen LogP contribution in [-0.2, 0) is 0 Å². The summed E-state index contributed by atoms with van der Waals surface area (Å²) in [5, 5.41) is 3.43. The first kappa shape index (κ1) is 14.4. The molecule has 2 rings (SSSR count). The van der Waals surface area contributed by atoms with Gasteiger partial charge in [0.1, 0.15) is 17.5 Å². The van der Waals surface area contributed by atoms with E-state index in [2.05, 4.69) is 46.3 Å². The maximum absolute atomic E-state index is 5.46. The standard InChI is InChI=1S/C13H23N5S/c1-9(2)13-16-11(7-12(17-13)18-14)15-8-10-3-5-19-6-4-10/h7,9-10H,3-6,8,14H2,1-2H3,(H2,15,16,17,18). The zero-order valence-electron chi connectivity index (χ0n) is 11.6. The van der Waals surface area contributed by atoms with Crippen LogP contribution >= 0.6 is 11.8 Å². The first-order chi connectivity index (χ1) is 9.19. The number of thioether (sulfide) groups is 1. The van der Waals surface area contributed by atoms with Crippen molar-refractivity contribution in [1.82, 2.24) is 9.97 Å². The summed E-state index contributed by atoms with van der Waals surface area (Å²) in [6.07, 6.45) is 2.59. The third-order valence-electron chi connectivity index (χ3n) is 3.32. The van der Waals surface area contributed by atoms with Crippen LogP contribution in [0, 0.1) is 5.92 Å². The van der Waals surface area contributed by atoms with Crippen molar-refractivity contribution in [3.63, 3.8) is 0 Å². The molecule has 1 aliphatic heterocycles. The van der Waals surface area contributed by atoms with E-state index in [4.69, 9.17) is 5.84 Å². The molecular weight excluding hydrogens is 258 g/mol. The molecule has 0 saturated carbocycles. The molecule has 0 amide bonds. The molecular formula is C13H23N5S. The Morgan fingerprint density at radius 1 is 1.32 bits per heavy atom. The SMILES string of the molecule is CC(C)c1nc(NN)cc(NCC2CCSCC2)n1. The van der Waals surface area contributed by atoms with E-state index in [1.807, 2.05) is 6.07 Å². The highest BCUT2D eigenvalue weighted by molar-refractivity contribution is 7.99. The summed E-state index contributed by atoms with van der Waals surface area (Å²) < 4.78 is 0. The molecule has 4 N–H and O–H groups in total. The second-order valence-electron chi connectivity index (χ2n) is 5.23. The van der Waals surface area contributed by atoms with Crippen molar-refractivity contribution < 1.29 is 0 Å². The Labute approximate surface area is 119 Å². The fourth-order valence-corrected chi connectivity index (χ4v) is 3.29. The van der Waals surface area contributed by atoms with Gasteiger partial charge in [0.25, 0.3) is 0 Å². The summed E-state index contributed by atoms with van der Waals surface area (Å²) in [4.78, 5) is 8.90. The normalized spacial score (nSPS) is 16.6. The summed E-state index contributed by atoms with van der Waals surface area (Å²) in [5.41, 5.74) is 2.61. The minimum absolute atomic E-state index is 0.292. The van der Waals surface area contributed by atoms with Crippen LogP contribution < -0.4 is 16.6 Å². The fraction of sp³-hybridized carbons (Fsp3) is 0.692. The predicted octanol–water partition coefficient (Wildman–Crippen LogP) is 2.44. The summed E-state index contributed by atoms with van der Waals surface area (Å²) in [6.45, 7) is 5.15. The van der Waals surface area contributed by atoms with Gasteiger partial charge in [0.15, 0.2) is 0 Å². The molecule has 1 fully saturated rings. The van der Waals surface area contributed by atoms with Gasteiger partial charge in [-0.1, -0.05) is 13.8 Å². The minimum atomic E-state index is 0.292. The quantitative estimate of drug-likeness (QED) is 0.568. The van der Waals surface area contributed by atoms with Crippen LogP contribution in [0.4, 0.5) is 11.6 Å². The number of anilines is 2. The maximum Gasteiger partial charge on any atom is 0.145 e. The summed E-state index contributed by atoms with van der Waals surface area (Å²) in [7, 11) is 0. The van der Waals surface area contributed by atoms with Gasteiger partial charge in [-0.3, -0.25) is 0 Å². The summed E-state index contributed by atoms with van der Waals surface area (Å²) >= 11 is 2.05. The molecule has 0 unspecified atom stereocenters. The van der Waals surface area contributed by atoms with Gasteiger partial charge >= 0.3 is 0 Å². The minimum Gasteiger partial charge on any atom is -0.370 e. The summed E-state index contributed by atoms with van der Waals surface area (Å²) in [6, 6.07) is 1.86. The van der Waals surface area contributed by atoms with Gasteiger partial charge in [-0.05, 0) is 30.3 Å². The Balaban J connectivity index is 2.00. The Bertz CT molecular complexity index is 404. The van der Waals surface area contributed by atoms with Crippen LogP contribution in [0.25, 0.3) is 0 Å². The molecule has 0 radical (unpaired) electrons. The Morgan fingerprint density at radius 3 is 2.63 bits per heavy atom. The van der Waals surface area contributed by atoms with Gasteiger partial charge in [0.05, 0.1) is 0 Å². The average molecular weight is 281 g/mol. The molecule has 5 nitrogen and oxygen atoms in total. The van der Waals surface area contributed by atoms with E-state index in [1.165, 1.54) is 24.3 Å². The molecule has 1 aliphatic rings. The molecule has 0 atom stereocenters. The number of nitrogens with one attached hydrogen (secondary N) is 2. The number of hydrazine groups is 1. The molecule has 0 bridgehead atoms. The summed E-state index contributed by atoms with van der Waals surface area (Å²) in [5.74, 6) is 11.4. The fourth-order valence-electron chi connectivity index (χ4n) is 2.09. The molecule has 1 saturated heterocycles. The van der Waals surface area contributed by atoms with Gasteiger partial charge in [0.2, 0.25) is 0 Å². The van der Waals surface area contributed by atoms with Crippen molar-refractivity contribution in [3.05, 3.63) is 11.9 Å². The second-order valence-corrected chi connectivity index (χ2v) is 6.46. The topological polar surface area (TPSA) is 75.9 Å². The van der Waals surface area contributed by atoms with E-state index >= 15 is 0 Å². The molecule has 0 aromatic carbocycles. The zero-order valence-corrected chi connectivity index (χ0v) is 12.5. The van der Waals surface area contributed by atoms with E-state index in [0.717, 1.165) is 24.1 Å². The third kappa shape index (κ3) is 4.24. The van der Waals surface area contributed by atoms with Crippen LogP contribution in [0.15, 0.2) is 6.07 Å². The lowest BCUT2D eigenvalue weighted by Gasteiger charge is -2.22. The largest absolute Gasteiger partial charge is 0.370 e. The monoisotopic (exact) mass is 281 g/mol. The lowest BCUT2D eigenvalue weighted by molar-refractivity contribution is 0.515. The van der Waals surface area contributed by atoms with Gasteiger partial charge < -0.3 is 10.7 Å². The molecule has 1 aromatic rings. The molecule has 6 heteroatoms. The van der Waals surface area contributed by atoms with Crippen molar-refractivity contribution in [2.24, 2.45) is 11.8 Å². The van der Waals surface area contributed by atoms with Crippen molar-refractivity contribution in [2.45, 2.75) is 32.6 Å². The molecule has 0 spiro atoms. The molecule has 0 aliphatic carbocycles. The lowest BCUT2D eigenvalue weighted by Crippen LogP contribution is -2.20. The van der Waals surface area contributed by atoms with Crippen LogP contribution in [-0.4, -0.2) is 28.0 Å². The molecule has 1 aromatic heterocycles. The van der Waals surface area contributed by atoms with Crippen LogP contribution in [0.1, 0.15) is 38.4 Å². The number of nitrogen functional groups attached to an aromatic ring is 1. The Kier molecular flexibility index (Phi) is 5.27. The highest BCUT2D eigenvalue weighted by Crippen LogP contribution is 2.23. The number of nitrogens with zero attached hydrogens (tertiary/aromatic N) is 2. The van der Waals surface area contributed by atoms with Crippen molar-refractivity contribution >= 4 is 23.4 Å². The number of hydrogen-bond acceptors (Lipinski definition) is 6. The van der Waals surface area contributed by atoms with Gasteiger partial charge in [-0.15, -0.1) is 0 Å². The van der Waals surface area contributed by atoms with E-state index in [0.29, 0.717) is 11.7 Å². The number of nitrogens with two attached hydrogens (primary N) is 1. The third-order valence-corrected chi connectivity index (χ3v) is 4.37. The van der Waals surface area contributed by atoms with Gasteiger partial charge in [-0.2, -0.15) is 11.8 Å². The highest BCUT2D eigenvalue weighted by atomic mass is 32.2. The smallest absolute Gasteiger partial charge is 0.145 e. The van der Waals surface area contributed by atoms with E-state index in [1.54, 1.807) is 0 Å². The Morgan fingerprint density at radius 2 is 2.00 bits per heavy atom. The van der Waals surface area contributed by atoms with E-state index in [-0.39, 0.29) is 0 Å². The molecule has 19 heavy (non-hydrogen) atoms. The zero-order chi connectivity index (χ0) is 13.7. The van der Waals surface area contributed by atoms with Gasteiger partial charge in [-0.25, -0.2) is 15.8 Å². The Hall–Kier alpha value is -1.01. The molecule has 2 heterocycles. The number of aromatic nitrogens is 2. The maximum atomic E-state index is 5.46. The number of hydrogen-bond donors (Lipinski definition) is 3. The van der Waals surface area contributed by atoms with Gasteiger partial charge in [0, 0.05) is 18.5 Å². The first-order valence-electron chi connectivity index (χ1n) is 6.86. The first-order valence-corrected chi connectivity index (χ1v) is 8.01. The van der Waals surface area contributed by atoms with Crippen LogP contribution in [0.5, 0.6) is 0 Å². The van der Waals surface area contributed by atoms with Crippen molar-refractivity contribution in [2.75, 3.05) is 28.8 Å². The van der Waals surface area contributed by atoms with E-state index in [9.17, 15) is 0 Å².